The van der Waals surface area contributed by atoms with Crippen molar-refractivity contribution in [1.82, 2.24) is 0 Å². The first-order valence-electron chi connectivity index (χ1n) is 14.8. The zero-order valence-electron chi connectivity index (χ0n) is 23.5. The Kier molecular flexibility index (Phi) is 5.06. The second-order valence-electron chi connectivity index (χ2n) is 11.3. The van der Waals surface area contributed by atoms with Gasteiger partial charge in [-0.15, -0.1) is 22.7 Å². The maximum absolute atomic E-state index is 6.68. The molecule has 0 saturated heterocycles. The van der Waals surface area contributed by atoms with Gasteiger partial charge in [0.15, 0.2) is 0 Å². The smallest absolute Gasteiger partial charge is 0.144 e. The lowest BCUT2D eigenvalue weighted by Gasteiger charge is -2.26. The van der Waals surface area contributed by atoms with Crippen LogP contribution in [0.3, 0.4) is 0 Å². The van der Waals surface area contributed by atoms with Crippen LogP contribution in [0.2, 0.25) is 0 Å². The van der Waals surface area contributed by atoms with E-state index in [-0.39, 0.29) is 0 Å². The second-order valence-corrected chi connectivity index (χ2v) is 13.5. The number of rotatable bonds is 3. The van der Waals surface area contributed by atoms with Gasteiger partial charge in [-0.1, -0.05) is 72.8 Å². The van der Waals surface area contributed by atoms with Crippen molar-refractivity contribution in [2.45, 2.75) is 0 Å². The van der Waals surface area contributed by atoms with Crippen molar-refractivity contribution < 1.29 is 4.42 Å². The molecule has 0 unspecified atom stereocenters. The van der Waals surface area contributed by atoms with E-state index in [2.05, 4.69) is 144 Å². The molecule has 0 spiro atoms. The van der Waals surface area contributed by atoms with Crippen LogP contribution in [-0.4, -0.2) is 0 Å². The van der Waals surface area contributed by atoms with Gasteiger partial charge in [-0.05, 0) is 77.5 Å². The Morgan fingerprint density at radius 2 is 1.20 bits per heavy atom. The predicted octanol–water partition coefficient (Wildman–Crippen LogP) is 12.9. The van der Waals surface area contributed by atoms with E-state index in [1.54, 1.807) is 0 Å². The standard InChI is InChI=1S/C40H23NOS2/c1-2-11-26(12-3-1)41(27-17-19-36-32(23-27)28-13-6-7-16-35(28)43-36)33-15-8-14-30-38-37(44-40(30)33)20-18-29-31-21-24-9-4-5-10-25(24)22-34(31)42-39(29)38/h1-23H. The summed E-state index contributed by atoms with van der Waals surface area (Å²) in [6.45, 7) is 0. The molecule has 0 amide bonds. The lowest BCUT2D eigenvalue weighted by atomic mass is 10.0. The van der Waals surface area contributed by atoms with Gasteiger partial charge in [0.1, 0.15) is 11.2 Å². The van der Waals surface area contributed by atoms with E-state index >= 15 is 0 Å². The van der Waals surface area contributed by atoms with Crippen LogP contribution in [0.15, 0.2) is 144 Å². The van der Waals surface area contributed by atoms with Crippen molar-refractivity contribution in [3.8, 4) is 0 Å². The molecule has 7 aromatic carbocycles. The van der Waals surface area contributed by atoms with E-state index in [4.69, 9.17) is 4.42 Å². The Hall–Kier alpha value is -5.16. The minimum absolute atomic E-state index is 0.934. The van der Waals surface area contributed by atoms with Crippen LogP contribution in [0.1, 0.15) is 0 Å². The Morgan fingerprint density at radius 1 is 0.455 bits per heavy atom. The number of para-hydroxylation sites is 1. The first kappa shape index (κ1) is 24.3. The van der Waals surface area contributed by atoms with Gasteiger partial charge in [-0.25, -0.2) is 0 Å². The van der Waals surface area contributed by atoms with E-state index < -0.39 is 0 Å². The number of furan rings is 1. The maximum Gasteiger partial charge on any atom is 0.144 e. The van der Waals surface area contributed by atoms with Crippen molar-refractivity contribution in [3.05, 3.63) is 140 Å². The summed E-state index contributed by atoms with van der Waals surface area (Å²) < 4.78 is 11.8. The van der Waals surface area contributed by atoms with Crippen LogP contribution in [0.4, 0.5) is 17.1 Å². The van der Waals surface area contributed by atoms with Crippen LogP contribution < -0.4 is 4.90 Å². The first-order chi connectivity index (χ1) is 21.8. The summed E-state index contributed by atoms with van der Waals surface area (Å²) in [6.07, 6.45) is 0. The molecular weight excluding hydrogens is 575 g/mol. The Balaban J connectivity index is 1.25. The average molecular weight is 598 g/mol. The maximum atomic E-state index is 6.68. The van der Waals surface area contributed by atoms with Crippen LogP contribution >= 0.6 is 22.7 Å². The summed E-state index contributed by atoms with van der Waals surface area (Å²) in [4.78, 5) is 2.41. The SMILES string of the molecule is c1ccc(N(c2ccc3sc4ccccc4c3c2)c2cccc3c2sc2ccc4c5cc6ccccc6cc5oc4c23)cc1. The molecule has 0 saturated carbocycles. The van der Waals surface area contributed by atoms with Crippen molar-refractivity contribution in [1.29, 1.82) is 0 Å². The molecule has 0 aliphatic heterocycles. The van der Waals surface area contributed by atoms with Gasteiger partial charge >= 0.3 is 0 Å². The fourth-order valence-corrected chi connectivity index (χ4v) is 9.11. The number of hydrogen-bond acceptors (Lipinski definition) is 4. The van der Waals surface area contributed by atoms with E-state index in [0.29, 0.717) is 0 Å². The lowest BCUT2D eigenvalue weighted by Crippen LogP contribution is -2.09. The molecule has 10 rings (SSSR count). The van der Waals surface area contributed by atoms with Gasteiger partial charge in [0, 0.05) is 57.8 Å². The zero-order valence-corrected chi connectivity index (χ0v) is 25.1. The van der Waals surface area contributed by atoms with E-state index in [1.807, 2.05) is 22.7 Å². The Morgan fingerprint density at radius 3 is 2.11 bits per heavy atom. The average Bonchev–Trinajstić information content (AvgIpc) is 3.75. The fraction of sp³-hybridized carbons (Fsp3) is 0. The van der Waals surface area contributed by atoms with E-state index in [0.717, 1.165) is 27.9 Å². The molecule has 206 valence electrons. The summed E-state index contributed by atoms with van der Waals surface area (Å²) in [5.41, 5.74) is 5.36. The molecule has 0 bridgehead atoms. The van der Waals surface area contributed by atoms with Gasteiger partial charge in [0.2, 0.25) is 0 Å². The molecule has 0 fully saturated rings. The number of anilines is 3. The number of fused-ring (bicyclic) bond motifs is 11. The van der Waals surface area contributed by atoms with E-state index in [9.17, 15) is 0 Å². The molecular formula is C40H23NOS2. The van der Waals surface area contributed by atoms with Gasteiger partial charge in [-0.3, -0.25) is 0 Å². The van der Waals surface area contributed by atoms with Crippen molar-refractivity contribution in [3.63, 3.8) is 0 Å². The molecule has 0 radical (unpaired) electrons. The van der Waals surface area contributed by atoms with Crippen LogP contribution in [0.25, 0.3) is 73.1 Å². The fourth-order valence-electron chi connectivity index (χ4n) is 6.82. The van der Waals surface area contributed by atoms with Crippen LogP contribution in [0.5, 0.6) is 0 Å². The number of hydrogen-bond donors (Lipinski definition) is 0. The topological polar surface area (TPSA) is 16.4 Å². The third-order valence-corrected chi connectivity index (χ3v) is 11.2. The minimum Gasteiger partial charge on any atom is -0.455 e. The second kappa shape index (κ2) is 9.17. The summed E-state index contributed by atoms with van der Waals surface area (Å²) in [5, 5.41) is 9.77. The summed E-state index contributed by atoms with van der Waals surface area (Å²) >= 11 is 3.70. The Labute approximate surface area is 260 Å². The number of thiophene rings is 2. The largest absolute Gasteiger partial charge is 0.455 e. The highest BCUT2D eigenvalue weighted by atomic mass is 32.1. The van der Waals surface area contributed by atoms with Crippen molar-refractivity contribution in [2.75, 3.05) is 4.90 Å². The van der Waals surface area contributed by atoms with Gasteiger partial charge in [0.05, 0.1) is 10.4 Å². The summed E-state index contributed by atoms with van der Waals surface area (Å²) in [6, 6.07) is 50.5. The third-order valence-electron chi connectivity index (χ3n) is 8.82. The van der Waals surface area contributed by atoms with Crippen LogP contribution in [0, 0.1) is 0 Å². The highest BCUT2D eigenvalue weighted by Crippen LogP contribution is 2.48. The molecule has 3 heterocycles. The molecule has 44 heavy (non-hydrogen) atoms. The predicted molar refractivity (Wildman–Crippen MR) is 192 cm³/mol. The summed E-state index contributed by atoms with van der Waals surface area (Å²) in [7, 11) is 0. The molecule has 0 N–H and O–H groups in total. The van der Waals surface area contributed by atoms with Crippen LogP contribution in [-0.2, 0) is 0 Å². The van der Waals surface area contributed by atoms with E-state index in [1.165, 1.54) is 62.2 Å². The number of benzene rings is 7. The monoisotopic (exact) mass is 597 g/mol. The Bertz CT molecular complexity index is 2730. The molecule has 10 aromatic rings. The highest BCUT2D eigenvalue weighted by Gasteiger charge is 2.21. The first-order valence-corrected chi connectivity index (χ1v) is 16.4. The number of nitrogens with zero attached hydrogens (tertiary/aromatic N) is 1. The van der Waals surface area contributed by atoms with Crippen molar-refractivity contribution in [2.24, 2.45) is 0 Å². The third kappa shape index (κ3) is 3.47. The molecule has 4 heteroatoms. The van der Waals surface area contributed by atoms with Gasteiger partial charge in [0.25, 0.3) is 0 Å². The zero-order chi connectivity index (χ0) is 28.8. The van der Waals surface area contributed by atoms with Gasteiger partial charge in [-0.2, -0.15) is 0 Å². The minimum atomic E-state index is 0.934. The van der Waals surface area contributed by atoms with Crippen molar-refractivity contribution >= 4 is 113 Å². The molecule has 2 nitrogen and oxygen atoms in total. The molecule has 0 aliphatic rings. The molecule has 0 aliphatic carbocycles. The summed E-state index contributed by atoms with van der Waals surface area (Å²) in [5.74, 6) is 0. The molecule has 3 aromatic heterocycles. The normalized spacial score (nSPS) is 12.1. The molecule has 0 atom stereocenters. The lowest BCUT2D eigenvalue weighted by molar-refractivity contribution is 0.673. The quantitative estimate of drug-likeness (QED) is 0.201. The van der Waals surface area contributed by atoms with Gasteiger partial charge < -0.3 is 9.32 Å². The highest BCUT2D eigenvalue weighted by molar-refractivity contribution is 7.26.